The van der Waals surface area contributed by atoms with E-state index in [9.17, 15) is 4.79 Å². The fraction of sp³-hybridized carbons (Fsp3) is 0.235. The minimum atomic E-state index is -0.102. The molecular formula is C17H17ClINO. The number of carbonyl (C=O) groups is 1. The van der Waals surface area contributed by atoms with Crippen LogP contribution in [0.3, 0.4) is 0 Å². The second-order valence-electron chi connectivity index (χ2n) is 5.18. The Hall–Kier alpha value is -1.07. The highest BCUT2D eigenvalue weighted by atomic mass is 127. The molecule has 1 amide bonds. The maximum absolute atomic E-state index is 12.4. The van der Waals surface area contributed by atoms with E-state index in [0.717, 1.165) is 9.13 Å². The normalized spacial score (nSPS) is 12.0. The molecule has 0 aromatic heterocycles. The van der Waals surface area contributed by atoms with Crippen LogP contribution in [0.5, 0.6) is 0 Å². The number of carbonyl (C=O) groups excluding carboxylic acids is 1. The molecule has 1 unspecified atom stereocenters. The number of rotatable bonds is 3. The first-order valence-electron chi connectivity index (χ1n) is 6.71. The lowest BCUT2D eigenvalue weighted by Crippen LogP contribution is -2.27. The number of aryl methyl sites for hydroxylation is 2. The zero-order valence-corrected chi connectivity index (χ0v) is 15.1. The molecule has 0 saturated carbocycles. The quantitative estimate of drug-likeness (QED) is 0.701. The van der Waals surface area contributed by atoms with E-state index in [1.54, 1.807) is 12.1 Å². The van der Waals surface area contributed by atoms with Crippen molar-refractivity contribution in [3.63, 3.8) is 0 Å². The van der Waals surface area contributed by atoms with Gasteiger partial charge in [-0.2, -0.15) is 0 Å². The molecule has 0 fully saturated rings. The van der Waals surface area contributed by atoms with Crippen molar-refractivity contribution in [2.75, 3.05) is 0 Å². The second-order valence-corrected chi connectivity index (χ2v) is 6.78. The summed E-state index contributed by atoms with van der Waals surface area (Å²) in [6.07, 6.45) is 0. The topological polar surface area (TPSA) is 29.1 Å². The minimum absolute atomic E-state index is 0.0489. The van der Waals surface area contributed by atoms with Crippen LogP contribution >= 0.6 is 34.2 Å². The van der Waals surface area contributed by atoms with Gasteiger partial charge in [-0.15, -0.1) is 0 Å². The van der Waals surface area contributed by atoms with Gasteiger partial charge in [-0.1, -0.05) is 35.4 Å². The predicted molar refractivity (Wildman–Crippen MR) is 96.0 cm³/mol. The Balaban J connectivity index is 2.23. The molecule has 0 spiro atoms. The van der Waals surface area contributed by atoms with Gasteiger partial charge in [0, 0.05) is 8.59 Å². The van der Waals surface area contributed by atoms with Gasteiger partial charge in [0.1, 0.15) is 0 Å². The molecule has 21 heavy (non-hydrogen) atoms. The van der Waals surface area contributed by atoms with Crippen molar-refractivity contribution >= 4 is 40.1 Å². The summed E-state index contributed by atoms with van der Waals surface area (Å²) >= 11 is 8.12. The fourth-order valence-electron chi connectivity index (χ4n) is 2.25. The van der Waals surface area contributed by atoms with E-state index in [1.165, 1.54) is 11.1 Å². The molecule has 0 heterocycles. The van der Waals surface area contributed by atoms with E-state index >= 15 is 0 Å². The molecule has 4 heteroatoms. The largest absolute Gasteiger partial charge is 0.345 e. The first kappa shape index (κ1) is 16.3. The molecular weight excluding hydrogens is 397 g/mol. The molecule has 0 radical (unpaired) electrons. The van der Waals surface area contributed by atoms with Gasteiger partial charge in [0.25, 0.3) is 5.91 Å². The van der Waals surface area contributed by atoms with Gasteiger partial charge in [0.2, 0.25) is 0 Å². The van der Waals surface area contributed by atoms with Crippen molar-refractivity contribution in [3.05, 3.63) is 67.2 Å². The second kappa shape index (κ2) is 6.79. The van der Waals surface area contributed by atoms with Crippen LogP contribution in [0.2, 0.25) is 5.02 Å². The number of halogens is 2. The zero-order chi connectivity index (χ0) is 15.6. The van der Waals surface area contributed by atoms with Gasteiger partial charge in [-0.05, 0) is 72.7 Å². The van der Waals surface area contributed by atoms with E-state index < -0.39 is 0 Å². The van der Waals surface area contributed by atoms with Crippen molar-refractivity contribution in [1.29, 1.82) is 0 Å². The average Bonchev–Trinajstić information content (AvgIpc) is 2.43. The summed E-state index contributed by atoms with van der Waals surface area (Å²) in [4.78, 5) is 12.4. The highest BCUT2D eigenvalue weighted by Crippen LogP contribution is 2.22. The first-order chi connectivity index (χ1) is 9.88. The van der Waals surface area contributed by atoms with Crippen LogP contribution in [0, 0.1) is 17.4 Å². The van der Waals surface area contributed by atoms with Crippen molar-refractivity contribution in [2.24, 2.45) is 0 Å². The predicted octanol–water partition coefficient (Wildman–Crippen LogP) is 5.05. The SMILES string of the molecule is Cc1ccc(C)c(C(C)NC(=O)c2cc(Cl)ccc2I)c1. The third-order valence-electron chi connectivity index (χ3n) is 3.42. The Morgan fingerprint density at radius 2 is 1.90 bits per heavy atom. The molecule has 0 aliphatic carbocycles. The molecule has 1 N–H and O–H groups in total. The summed E-state index contributed by atoms with van der Waals surface area (Å²) < 4.78 is 0.891. The number of amides is 1. The van der Waals surface area contributed by atoms with Crippen LogP contribution in [0.4, 0.5) is 0 Å². The Kier molecular flexibility index (Phi) is 5.27. The Morgan fingerprint density at radius 1 is 1.19 bits per heavy atom. The highest BCUT2D eigenvalue weighted by molar-refractivity contribution is 14.1. The van der Waals surface area contributed by atoms with Gasteiger partial charge in [0.05, 0.1) is 11.6 Å². The van der Waals surface area contributed by atoms with E-state index in [2.05, 4.69) is 60.0 Å². The number of hydrogen-bond acceptors (Lipinski definition) is 1. The summed E-state index contributed by atoms with van der Waals surface area (Å²) in [6.45, 7) is 6.11. The van der Waals surface area contributed by atoms with Crippen molar-refractivity contribution < 1.29 is 4.79 Å². The van der Waals surface area contributed by atoms with Gasteiger partial charge >= 0.3 is 0 Å². The monoisotopic (exact) mass is 413 g/mol. The number of nitrogens with one attached hydrogen (secondary N) is 1. The molecule has 2 aromatic carbocycles. The Labute approximate surface area is 144 Å². The van der Waals surface area contributed by atoms with E-state index in [4.69, 9.17) is 11.6 Å². The molecule has 2 nitrogen and oxygen atoms in total. The molecule has 110 valence electrons. The summed E-state index contributed by atoms with van der Waals surface area (Å²) in [5.41, 5.74) is 4.11. The van der Waals surface area contributed by atoms with Crippen molar-refractivity contribution in [2.45, 2.75) is 26.8 Å². The maximum Gasteiger partial charge on any atom is 0.252 e. The van der Waals surface area contributed by atoms with Crippen molar-refractivity contribution in [1.82, 2.24) is 5.32 Å². The minimum Gasteiger partial charge on any atom is -0.345 e. The van der Waals surface area contributed by atoms with Crippen LogP contribution in [-0.4, -0.2) is 5.91 Å². The van der Waals surface area contributed by atoms with Gasteiger partial charge < -0.3 is 5.32 Å². The number of hydrogen-bond donors (Lipinski definition) is 1. The Bertz CT molecular complexity index is 684. The molecule has 0 aliphatic rings. The summed E-state index contributed by atoms with van der Waals surface area (Å²) in [7, 11) is 0. The lowest BCUT2D eigenvalue weighted by molar-refractivity contribution is 0.0939. The molecule has 2 aromatic rings. The third-order valence-corrected chi connectivity index (χ3v) is 4.60. The maximum atomic E-state index is 12.4. The molecule has 0 saturated heterocycles. The summed E-state index contributed by atoms with van der Waals surface area (Å²) in [5, 5.41) is 3.62. The van der Waals surface area contributed by atoms with Crippen LogP contribution in [-0.2, 0) is 0 Å². The molecule has 0 aliphatic heterocycles. The number of benzene rings is 2. The fourth-order valence-corrected chi connectivity index (χ4v) is 3.00. The lowest BCUT2D eigenvalue weighted by atomic mass is 10.00. The lowest BCUT2D eigenvalue weighted by Gasteiger charge is -2.18. The van der Waals surface area contributed by atoms with Gasteiger partial charge in [-0.25, -0.2) is 0 Å². The average molecular weight is 414 g/mol. The zero-order valence-electron chi connectivity index (χ0n) is 12.2. The smallest absolute Gasteiger partial charge is 0.252 e. The molecule has 2 rings (SSSR count). The van der Waals surface area contributed by atoms with Crippen LogP contribution < -0.4 is 5.32 Å². The first-order valence-corrected chi connectivity index (χ1v) is 8.17. The van der Waals surface area contributed by atoms with E-state index in [0.29, 0.717) is 10.6 Å². The highest BCUT2D eigenvalue weighted by Gasteiger charge is 2.15. The van der Waals surface area contributed by atoms with Crippen LogP contribution in [0.25, 0.3) is 0 Å². The summed E-state index contributed by atoms with van der Waals surface area (Å²) in [5.74, 6) is -0.102. The Morgan fingerprint density at radius 3 is 2.62 bits per heavy atom. The third kappa shape index (κ3) is 3.98. The molecule has 0 bridgehead atoms. The standard InChI is InChI=1S/C17H17ClINO/c1-10-4-5-11(2)14(8-10)12(3)20-17(21)15-9-13(18)6-7-16(15)19/h4-9,12H,1-3H3,(H,20,21). The van der Waals surface area contributed by atoms with E-state index in [1.807, 2.05) is 13.0 Å². The van der Waals surface area contributed by atoms with Crippen LogP contribution in [0.15, 0.2) is 36.4 Å². The van der Waals surface area contributed by atoms with E-state index in [-0.39, 0.29) is 11.9 Å². The molecule has 1 atom stereocenters. The van der Waals surface area contributed by atoms with Crippen molar-refractivity contribution in [3.8, 4) is 0 Å². The van der Waals surface area contributed by atoms with Gasteiger partial charge in [0.15, 0.2) is 0 Å². The van der Waals surface area contributed by atoms with Crippen LogP contribution in [0.1, 0.15) is 40.0 Å². The summed E-state index contributed by atoms with van der Waals surface area (Å²) in [6, 6.07) is 11.6. The van der Waals surface area contributed by atoms with Gasteiger partial charge in [-0.3, -0.25) is 4.79 Å².